The van der Waals surface area contributed by atoms with Gasteiger partial charge in [-0.2, -0.15) is 12.7 Å². The molecule has 8 heteroatoms. The van der Waals surface area contributed by atoms with E-state index in [4.69, 9.17) is 11.5 Å². The van der Waals surface area contributed by atoms with Crippen LogP contribution < -0.4 is 16.2 Å². The number of nitrogens with two attached hydrogens (primary N) is 2. The number of amides is 1. The molecule has 0 aromatic heterocycles. The van der Waals surface area contributed by atoms with Crippen molar-refractivity contribution >= 4 is 21.8 Å². The minimum Gasteiger partial charge on any atom is -0.366 e. The highest BCUT2D eigenvalue weighted by Gasteiger charge is 2.19. The third-order valence-corrected chi connectivity index (χ3v) is 4.00. The Bertz CT molecular complexity index is 545. The summed E-state index contributed by atoms with van der Waals surface area (Å²) in [5.41, 5.74) is 10.8. The molecular weight excluding hydrogens is 268 g/mol. The molecule has 1 aromatic rings. The van der Waals surface area contributed by atoms with E-state index in [0.29, 0.717) is 19.5 Å². The number of benzene rings is 1. The van der Waals surface area contributed by atoms with Crippen molar-refractivity contribution in [1.82, 2.24) is 4.31 Å². The van der Waals surface area contributed by atoms with Crippen LogP contribution in [0.25, 0.3) is 0 Å². The number of para-hydroxylation sites is 1. The largest absolute Gasteiger partial charge is 0.366 e. The number of hydrogen-bond acceptors (Lipinski definition) is 4. The Balaban J connectivity index is 2.92. The van der Waals surface area contributed by atoms with E-state index in [1.807, 2.05) is 0 Å². The predicted molar refractivity (Wildman–Crippen MR) is 73.8 cm³/mol. The fourth-order valence-electron chi connectivity index (χ4n) is 1.44. The fraction of sp³-hybridized carbons (Fsp3) is 0.364. The maximum Gasteiger partial charge on any atom is 0.301 e. The van der Waals surface area contributed by atoms with Crippen molar-refractivity contribution in [3.8, 4) is 0 Å². The van der Waals surface area contributed by atoms with Crippen LogP contribution >= 0.6 is 0 Å². The average Bonchev–Trinajstić information content (AvgIpc) is 2.35. The fourth-order valence-corrected chi connectivity index (χ4v) is 2.42. The lowest BCUT2D eigenvalue weighted by Gasteiger charge is -2.18. The van der Waals surface area contributed by atoms with Gasteiger partial charge >= 0.3 is 10.2 Å². The second-order valence-electron chi connectivity index (χ2n) is 3.98. The Morgan fingerprint density at radius 1 is 1.37 bits per heavy atom. The summed E-state index contributed by atoms with van der Waals surface area (Å²) < 4.78 is 27.5. The minimum atomic E-state index is -3.72. The highest BCUT2D eigenvalue weighted by molar-refractivity contribution is 7.90. The van der Waals surface area contributed by atoms with E-state index >= 15 is 0 Å². The van der Waals surface area contributed by atoms with Gasteiger partial charge in [-0.05, 0) is 25.1 Å². The van der Waals surface area contributed by atoms with E-state index < -0.39 is 16.1 Å². The number of nitrogens with zero attached hydrogens (tertiary/aromatic N) is 1. The van der Waals surface area contributed by atoms with Gasteiger partial charge in [0.1, 0.15) is 0 Å². The van der Waals surface area contributed by atoms with E-state index in [1.54, 1.807) is 12.1 Å². The average molecular weight is 286 g/mol. The van der Waals surface area contributed by atoms with E-state index in [2.05, 4.69) is 4.72 Å². The molecule has 0 saturated heterocycles. The summed E-state index contributed by atoms with van der Waals surface area (Å²) in [5, 5.41) is 0. The van der Waals surface area contributed by atoms with Crippen LogP contribution in [-0.4, -0.2) is 38.8 Å². The summed E-state index contributed by atoms with van der Waals surface area (Å²) in [4.78, 5) is 11.2. The molecule has 0 spiro atoms. The molecule has 0 aliphatic heterocycles. The zero-order chi connectivity index (χ0) is 14.5. The monoisotopic (exact) mass is 286 g/mol. The van der Waals surface area contributed by atoms with Gasteiger partial charge in [0.25, 0.3) is 5.91 Å². The van der Waals surface area contributed by atoms with Crippen LogP contribution in [0.2, 0.25) is 0 Å². The van der Waals surface area contributed by atoms with Gasteiger partial charge in [0.05, 0.1) is 11.3 Å². The Morgan fingerprint density at radius 3 is 2.58 bits per heavy atom. The first-order valence-electron chi connectivity index (χ1n) is 5.71. The first-order chi connectivity index (χ1) is 8.88. The van der Waals surface area contributed by atoms with Crippen molar-refractivity contribution in [1.29, 1.82) is 0 Å². The van der Waals surface area contributed by atoms with Crippen molar-refractivity contribution in [3.05, 3.63) is 29.8 Å². The number of hydrogen-bond donors (Lipinski definition) is 3. The number of rotatable bonds is 7. The molecule has 0 aliphatic rings. The number of carbonyl (C=O) groups is 1. The zero-order valence-electron chi connectivity index (χ0n) is 10.7. The molecule has 0 heterocycles. The second kappa shape index (κ2) is 6.50. The van der Waals surface area contributed by atoms with E-state index in [0.717, 1.165) is 4.31 Å². The molecule has 0 aliphatic carbocycles. The van der Waals surface area contributed by atoms with Gasteiger partial charge in [0.15, 0.2) is 0 Å². The van der Waals surface area contributed by atoms with Gasteiger partial charge in [0, 0.05) is 13.6 Å². The highest BCUT2D eigenvalue weighted by Crippen LogP contribution is 2.16. The highest BCUT2D eigenvalue weighted by atomic mass is 32.2. The Hall–Kier alpha value is -1.64. The molecular formula is C11H18N4O3S. The molecule has 106 valence electrons. The van der Waals surface area contributed by atoms with Crippen molar-refractivity contribution in [2.75, 3.05) is 24.9 Å². The summed E-state index contributed by atoms with van der Waals surface area (Å²) in [5.74, 6) is -0.692. The van der Waals surface area contributed by atoms with Crippen LogP contribution in [0.3, 0.4) is 0 Å². The lowest BCUT2D eigenvalue weighted by molar-refractivity contribution is 0.100. The number of nitrogens with one attached hydrogen (secondary N) is 1. The minimum absolute atomic E-state index is 0.123. The van der Waals surface area contributed by atoms with Crippen LogP contribution in [-0.2, 0) is 10.2 Å². The molecule has 19 heavy (non-hydrogen) atoms. The maximum atomic E-state index is 12.0. The topological polar surface area (TPSA) is 119 Å². The van der Waals surface area contributed by atoms with Crippen LogP contribution in [0, 0.1) is 0 Å². The van der Waals surface area contributed by atoms with E-state index in [1.165, 1.54) is 19.2 Å². The van der Waals surface area contributed by atoms with Gasteiger partial charge < -0.3 is 11.5 Å². The van der Waals surface area contributed by atoms with Gasteiger partial charge in [-0.1, -0.05) is 12.1 Å². The SMILES string of the molecule is CN(CCCN)S(=O)(=O)Nc1ccccc1C(N)=O. The molecule has 7 nitrogen and oxygen atoms in total. The van der Waals surface area contributed by atoms with Crippen molar-refractivity contribution in [3.63, 3.8) is 0 Å². The molecule has 0 radical (unpaired) electrons. The van der Waals surface area contributed by atoms with Gasteiger partial charge in [0.2, 0.25) is 0 Å². The Kier molecular flexibility index (Phi) is 5.28. The summed E-state index contributed by atoms with van der Waals surface area (Å²) in [6.07, 6.45) is 0.550. The van der Waals surface area contributed by atoms with E-state index in [-0.39, 0.29) is 11.3 Å². The van der Waals surface area contributed by atoms with E-state index in [9.17, 15) is 13.2 Å². The van der Waals surface area contributed by atoms with Gasteiger partial charge in [-0.3, -0.25) is 9.52 Å². The molecule has 0 bridgehead atoms. The lowest BCUT2D eigenvalue weighted by Crippen LogP contribution is -2.34. The summed E-state index contributed by atoms with van der Waals surface area (Å²) in [6, 6.07) is 6.16. The third kappa shape index (κ3) is 4.19. The quantitative estimate of drug-likeness (QED) is 0.639. The summed E-state index contributed by atoms with van der Waals surface area (Å²) in [7, 11) is -2.29. The van der Waals surface area contributed by atoms with Crippen LogP contribution in [0.5, 0.6) is 0 Å². The summed E-state index contributed by atoms with van der Waals surface area (Å²) in [6.45, 7) is 0.697. The molecule has 1 rings (SSSR count). The zero-order valence-corrected chi connectivity index (χ0v) is 11.5. The third-order valence-electron chi connectivity index (χ3n) is 2.52. The molecule has 0 fully saturated rings. The number of anilines is 1. The van der Waals surface area contributed by atoms with Crippen molar-refractivity contribution < 1.29 is 13.2 Å². The van der Waals surface area contributed by atoms with Crippen LogP contribution in [0.4, 0.5) is 5.69 Å². The van der Waals surface area contributed by atoms with Crippen LogP contribution in [0.1, 0.15) is 16.8 Å². The van der Waals surface area contributed by atoms with Crippen LogP contribution in [0.15, 0.2) is 24.3 Å². The molecule has 1 amide bonds. The molecule has 0 saturated carbocycles. The van der Waals surface area contributed by atoms with Crippen molar-refractivity contribution in [2.45, 2.75) is 6.42 Å². The predicted octanol–water partition coefficient (Wildman–Crippen LogP) is -0.277. The number of carbonyl (C=O) groups excluding carboxylic acids is 1. The standard InChI is InChI=1S/C11H18N4O3S/c1-15(8-4-7-12)19(17,18)14-10-6-3-2-5-9(10)11(13)16/h2-3,5-6,14H,4,7-8,12H2,1H3,(H2,13,16). The smallest absolute Gasteiger partial charge is 0.301 e. The first kappa shape index (κ1) is 15.4. The first-order valence-corrected chi connectivity index (χ1v) is 7.15. The molecule has 0 atom stereocenters. The second-order valence-corrected chi connectivity index (χ2v) is 5.76. The molecule has 0 unspecified atom stereocenters. The Morgan fingerprint density at radius 2 is 2.00 bits per heavy atom. The Labute approximate surface area is 112 Å². The number of primary amides is 1. The summed E-state index contributed by atoms with van der Waals surface area (Å²) >= 11 is 0. The molecule has 5 N–H and O–H groups in total. The lowest BCUT2D eigenvalue weighted by atomic mass is 10.2. The van der Waals surface area contributed by atoms with Gasteiger partial charge in [-0.15, -0.1) is 0 Å². The van der Waals surface area contributed by atoms with Crippen molar-refractivity contribution in [2.24, 2.45) is 11.5 Å². The normalized spacial score (nSPS) is 11.5. The van der Waals surface area contributed by atoms with Gasteiger partial charge in [-0.25, -0.2) is 0 Å². The maximum absolute atomic E-state index is 12.0. The molecule has 1 aromatic carbocycles.